The molecule has 0 radical (unpaired) electrons. The summed E-state index contributed by atoms with van der Waals surface area (Å²) in [6, 6.07) is 0. The molecule has 0 fully saturated rings. The van der Waals surface area contributed by atoms with Crippen molar-refractivity contribution in [2.75, 3.05) is 6.61 Å². The third-order valence-corrected chi connectivity index (χ3v) is 7.63. The predicted molar refractivity (Wildman–Crippen MR) is 147 cm³/mol. The Bertz CT molecular complexity index is 1190. The number of carbonyl (C=O) groups excluding carboxylic acids is 5. The van der Waals surface area contributed by atoms with Crippen LogP contribution in [0.25, 0.3) is 0 Å². The Morgan fingerprint density at radius 1 is 0.786 bits per heavy atom. The molecule has 0 aromatic heterocycles. The number of rotatable bonds is 6. The van der Waals surface area contributed by atoms with Gasteiger partial charge in [-0.25, -0.2) is 0 Å². The number of hydrogen-bond acceptors (Lipinski definition) is 12. The average molecular weight is 595 g/mol. The lowest BCUT2D eigenvalue weighted by molar-refractivity contribution is -0.152. The van der Waals surface area contributed by atoms with Crippen LogP contribution in [0.15, 0.2) is 34.1 Å². The molecule has 2 bridgehead atoms. The van der Waals surface area contributed by atoms with E-state index in [1.165, 1.54) is 33.8 Å². The molecular weight excluding hydrogens is 552 g/mol. The maximum atomic E-state index is 12.5. The molecule has 0 aromatic carbocycles. The van der Waals surface area contributed by atoms with Gasteiger partial charge in [0.2, 0.25) is 0 Å². The molecule has 12 heteroatoms. The maximum Gasteiger partial charge on any atom is 0.307 e. The molecule has 0 unspecified atom stereocenters. The van der Waals surface area contributed by atoms with E-state index in [0.717, 1.165) is 13.8 Å². The molecule has 0 amide bonds. The molecule has 0 spiro atoms. The summed E-state index contributed by atoms with van der Waals surface area (Å²) in [5, 5.41) is 22.9. The number of aliphatic hydroxyl groups is 2. The first-order valence-corrected chi connectivity index (χ1v) is 13.7. The summed E-state index contributed by atoms with van der Waals surface area (Å²) >= 11 is 0. The number of carbonyl (C=O) groups is 5. The van der Waals surface area contributed by atoms with Crippen molar-refractivity contribution in [2.24, 2.45) is 11.3 Å². The van der Waals surface area contributed by atoms with Crippen LogP contribution < -0.4 is 0 Å². The largest absolute Gasteiger partial charge is 0.461 e. The van der Waals surface area contributed by atoms with Gasteiger partial charge in [0, 0.05) is 52.5 Å². The first-order chi connectivity index (χ1) is 19.4. The summed E-state index contributed by atoms with van der Waals surface area (Å²) in [6.07, 6.45) is -4.82. The zero-order valence-electron chi connectivity index (χ0n) is 25.6. The SMILES string of the molecule is CC(=O)OC/C1=C\[C@H](O)[C@@H]2C[C@H](OC(C)=O)C(C)=C([C@@H](OC(C)=O)C(OC(C)=O)=C(C)[C@@H](OC(C)=O)C[C@@H]1O)C2(C)C. The lowest BCUT2D eigenvalue weighted by Gasteiger charge is -2.48. The van der Waals surface area contributed by atoms with E-state index in [1.807, 2.05) is 0 Å². The smallest absolute Gasteiger partial charge is 0.307 e. The molecule has 0 aliphatic heterocycles. The molecule has 2 N–H and O–H groups in total. The zero-order chi connectivity index (χ0) is 32.1. The van der Waals surface area contributed by atoms with Crippen LogP contribution >= 0.6 is 0 Å². The number of esters is 5. The fourth-order valence-corrected chi connectivity index (χ4v) is 5.74. The van der Waals surface area contributed by atoms with Crippen LogP contribution in [0, 0.1) is 11.3 Å². The van der Waals surface area contributed by atoms with Crippen LogP contribution in [-0.4, -0.2) is 77.2 Å². The predicted octanol–water partition coefficient (Wildman–Crippen LogP) is 2.60. The Labute approximate surface area is 245 Å². The van der Waals surface area contributed by atoms with Crippen LogP contribution in [0.1, 0.15) is 75.2 Å². The van der Waals surface area contributed by atoms with E-state index in [4.69, 9.17) is 23.7 Å². The van der Waals surface area contributed by atoms with Gasteiger partial charge in [0.05, 0.1) is 12.2 Å². The monoisotopic (exact) mass is 594 g/mol. The van der Waals surface area contributed by atoms with Crippen LogP contribution in [0.4, 0.5) is 0 Å². The topological polar surface area (TPSA) is 172 Å². The summed E-state index contributed by atoms with van der Waals surface area (Å²) in [7, 11) is 0. The van der Waals surface area contributed by atoms with Crippen molar-refractivity contribution in [3.8, 4) is 0 Å². The van der Waals surface area contributed by atoms with Crippen molar-refractivity contribution in [1.29, 1.82) is 0 Å². The molecule has 2 aliphatic rings. The number of fused-ring (bicyclic) bond motifs is 2. The highest BCUT2D eigenvalue weighted by Gasteiger charge is 2.50. The quantitative estimate of drug-likeness (QED) is 0.262. The Kier molecular flexibility index (Phi) is 11.7. The van der Waals surface area contributed by atoms with Crippen molar-refractivity contribution in [3.05, 3.63) is 34.1 Å². The Balaban J connectivity index is 3.05. The Morgan fingerprint density at radius 3 is 1.79 bits per heavy atom. The second kappa shape index (κ2) is 14.1. The van der Waals surface area contributed by atoms with E-state index in [-0.39, 0.29) is 36.4 Å². The van der Waals surface area contributed by atoms with E-state index in [0.29, 0.717) is 11.1 Å². The molecule has 0 aromatic rings. The summed E-state index contributed by atoms with van der Waals surface area (Å²) in [5.74, 6) is -4.24. The van der Waals surface area contributed by atoms with Gasteiger partial charge in [-0.1, -0.05) is 19.9 Å². The first-order valence-electron chi connectivity index (χ1n) is 13.7. The van der Waals surface area contributed by atoms with Gasteiger partial charge in [-0.2, -0.15) is 0 Å². The van der Waals surface area contributed by atoms with E-state index in [2.05, 4.69) is 0 Å². The van der Waals surface area contributed by atoms with Crippen molar-refractivity contribution < 1.29 is 57.9 Å². The van der Waals surface area contributed by atoms with Crippen molar-refractivity contribution >= 4 is 29.8 Å². The molecule has 6 atom stereocenters. The maximum absolute atomic E-state index is 12.5. The summed E-state index contributed by atoms with van der Waals surface area (Å²) < 4.78 is 27.7. The fraction of sp³-hybridized carbons (Fsp3) is 0.633. The second-order valence-electron chi connectivity index (χ2n) is 11.3. The van der Waals surface area contributed by atoms with E-state index < -0.39 is 71.7 Å². The van der Waals surface area contributed by atoms with Crippen LogP contribution in [-0.2, 0) is 47.7 Å². The van der Waals surface area contributed by atoms with Gasteiger partial charge in [-0.05, 0) is 42.4 Å². The lowest BCUT2D eigenvalue weighted by atomic mass is 9.60. The second-order valence-corrected chi connectivity index (χ2v) is 11.3. The Hall–Kier alpha value is -3.51. The molecule has 0 saturated heterocycles. The molecule has 0 saturated carbocycles. The number of ether oxygens (including phenoxy) is 5. The normalized spacial score (nSPS) is 29.2. The van der Waals surface area contributed by atoms with Crippen molar-refractivity contribution in [3.63, 3.8) is 0 Å². The summed E-state index contributed by atoms with van der Waals surface area (Å²) in [4.78, 5) is 60.8. The first kappa shape index (κ1) is 34.7. The average Bonchev–Trinajstić information content (AvgIpc) is 2.83. The summed E-state index contributed by atoms with van der Waals surface area (Å²) in [5.41, 5.74) is 0.234. The highest BCUT2D eigenvalue weighted by atomic mass is 16.6. The minimum Gasteiger partial charge on any atom is -0.461 e. The van der Waals surface area contributed by atoms with Crippen LogP contribution in [0.2, 0.25) is 0 Å². The molecule has 12 nitrogen and oxygen atoms in total. The highest BCUT2D eigenvalue weighted by Crippen LogP contribution is 2.51. The van der Waals surface area contributed by atoms with Crippen LogP contribution in [0.3, 0.4) is 0 Å². The minimum absolute atomic E-state index is 0.140. The molecular formula is C30H42O12. The molecule has 2 rings (SSSR count). The number of aliphatic hydroxyl groups excluding tert-OH is 2. The highest BCUT2D eigenvalue weighted by molar-refractivity contribution is 5.70. The van der Waals surface area contributed by atoms with Gasteiger partial charge >= 0.3 is 29.8 Å². The standard InChI is InChI=1S/C30H42O12/c1-14-25(39-17(4)32)11-22-24(37)10-21(13-38-16(3)31)23(36)12-26(40-18(5)33)15(2)28(41-19(6)34)29(42-20(7)35)27(14)30(22,8)9/h10,22-26,29,36-37H,11-13H2,1-9H3/b21-10+,28-15?/t22-,23-,24-,25-,26-,29+/m0/s1. The van der Waals surface area contributed by atoms with Crippen molar-refractivity contribution in [2.45, 2.75) is 106 Å². The Morgan fingerprint density at radius 2 is 1.31 bits per heavy atom. The van der Waals surface area contributed by atoms with Gasteiger partial charge < -0.3 is 33.9 Å². The van der Waals surface area contributed by atoms with E-state index in [1.54, 1.807) is 20.8 Å². The van der Waals surface area contributed by atoms with Gasteiger partial charge in [0.15, 0.2) is 11.9 Å². The van der Waals surface area contributed by atoms with Gasteiger partial charge in [-0.3, -0.25) is 24.0 Å². The lowest BCUT2D eigenvalue weighted by Crippen LogP contribution is -2.48. The van der Waals surface area contributed by atoms with Gasteiger partial charge in [0.1, 0.15) is 18.8 Å². The van der Waals surface area contributed by atoms with E-state index in [9.17, 15) is 34.2 Å². The number of hydrogen-bond donors (Lipinski definition) is 2. The van der Waals surface area contributed by atoms with Gasteiger partial charge in [0.25, 0.3) is 0 Å². The summed E-state index contributed by atoms with van der Waals surface area (Å²) in [6.45, 7) is 12.4. The molecule has 42 heavy (non-hydrogen) atoms. The van der Waals surface area contributed by atoms with Gasteiger partial charge in [-0.15, -0.1) is 0 Å². The molecule has 2 aliphatic carbocycles. The van der Waals surface area contributed by atoms with Crippen molar-refractivity contribution in [1.82, 2.24) is 0 Å². The molecule has 0 heterocycles. The third-order valence-electron chi connectivity index (χ3n) is 7.63. The third kappa shape index (κ3) is 8.51. The minimum atomic E-state index is -1.39. The van der Waals surface area contributed by atoms with E-state index >= 15 is 0 Å². The zero-order valence-corrected chi connectivity index (χ0v) is 25.6. The fourth-order valence-electron chi connectivity index (χ4n) is 5.74. The molecule has 234 valence electrons. The van der Waals surface area contributed by atoms with Crippen LogP contribution in [0.5, 0.6) is 0 Å².